The average Bonchev–Trinajstić information content (AvgIpc) is 2.27. The van der Waals surface area contributed by atoms with Gasteiger partial charge in [0.25, 0.3) is 0 Å². The molecule has 0 bridgehead atoms. The fourth-order valence-electron chi connectivity index (χ4n) is 1.35. The second-order valence-corrected chi connectivity index (χ2v) is 3.40. The maximum absolute atomic E-state index is 8.93. The number of benzene rings is 1. The maximum atomic E-state index is 8.93. The monoisotopic (exact) mass is 204 g/mol. The van der Waals surface area contributed by atoms with E-state index in [2.05, 4.69) is 11.7 Å². The van der Waals surface area contributed by atoms with E-state index < -0.39 is 0 Å². The Labute approximate surface area is 90.3 Å². The summed E-state index contributed by atoms with van der Waals surface area (Å²) in [6, 6.07) is 9.64. The summed E-state index contributed by atoms with van der Waals surface area (Å²) < 4.78 is 0. The van der Waals surface area contributed by atoms with Crippen LogP contribution in [0.2, 0.25) is 0 Å². The van der Waals surface area contributed by atoms with Crippen LogP contribution in [0, 0.1) is 0 Å². The smallest absolute Gasteiger partial charge is 0.101 e. The molecular weight excluding hydrogens is 188 g/mol. The zero-order valence-electron chi connectivity index (χ0n) is 8.93. The van der Waals surface area contributed by atoms with Gasteiger partial charge in [0, 0.05) is 18.7 Å². The van der Waals surface area contributed by atoms with Crippen molar-refractivity contribution in [3.8, 4) is 0 Å². The van der Waals surface area contributed by atoms with Crippen molar-refractivity contribution in [2.45, 2.75) is 0 Å². The van der Waals surface area contributed by atoms with Crippen molar-refractivity contribution in [2.24, 2.45) is 5.16 Å². The van der Waals surface area contributed by atoms with Gasteiger partial charge in [-0.2, -0.15) is 0 Å². The van der Waals surface area contributed by atoms with Gasteiger partial charge in [0.15, 0.2) is 0 Å². The van der Waals surface area contributed by atoms with Crippen LogP contribution in [-0.4, -0.2) is 36.0 Å². The number of oxime groups is 1. The highest BCUT2D eigenvalue weighted by atomic mass is 16.4. The van der Waals surface area contributed by atoms with Crippen molar-refractivity contribution < 1.29 is 5.21 Å². The third-order valence-corrected chi connectivity index (χ3v) is 2.09. The minimum atomic E-state index is 0.604. The molecule has 0 saturated heterocycles. The number of hydrogen-bond acceptors (Lipinski definition) is 3. The van der Waals surface area contributed by atoms with Crippen molar-refractivity contribution in [3.63, 3.8) is 0 Å². The third-order valence-electron chi connectivity index (χ3n) is 2.09. The van der Waals surface area contributed by atoms with Crippen LogP contribution in [-0.2, 0) is 0 Å². The molecule has 0 aromatic heterocycles. The number of hydrogen-bond donors (Lipinski definition) is 1. The molecule has 1 rings (SSSR count). The molecule has 0 radical (unpaired) electrons. The molecule has 0 aliphatic rings. The van der Waals surface area contributed by atoms with Gasteiger partial charge in [-0.05, 0) is 7.05 Å². The molecular formula is C12H16N2O. The summed E-state index contributed by atoms with van der Waals surface area (Å²) in [7, 11) is 1.95. The first kappa shape index (κ1) is 11.5. The molecule has 15 heavy (non-hydrogen) atoms. The lowest BCUT2D eigenvalue weighted by Gasteiger charge is -2.14. The van der Waals surface area contributed by atoms with Gasteiger partial charge in [-0.1, -0.05) is 41.6 Å². The molecule has 0 fully saturated rings. The summed E-state index contributed by atoms with van der Waals surface area (Å²) in [6.45, 7) is 5.04. The summed E-state index contributed by atoms with van der Waals surface area (Å²) in [5.41, 5.74) is 1.61. The molecule has 1 aromatic carbocycles. The molecule has 3 nitrogen and oxygen atoms in total. The van der Waals surface area contributed by atoms with Crippen molar-refractivity contribution in [1.29, 1.82) is 0 Å². The molecule has 0 spiro atoms. The van der Waals surface area contributed by atoms with Crippen LogP contribution in [0.1, 0.15) is 5.56 Å². The molecule has 0 atom stereocenters. The molecule has 0 aliphatic carbocycles. The molecule has 0 amide bonds. The molecule has 0 saturated carbocycles. The Morgan fingerprint density at radius 2 is 2.13 bits per heavy atom. The number of likely N-dealkylation sites (N-methyl/N-ethyl adjacent to an activating group) is 1. The van der Waals surface area contributed by atoms with Crippen molar-refractivity contribution in [2.75, 3.05) is 20.1 Å². The van der Waals surface area contributed by atoms with Crippen LogP contribution in [0.15, 0.2) is 48.1 Å². The van der Waals surface area contributed by atoms with Gasteiger partial charge in [-0.15, -0.1) is 6.58 Å². The topological polar surface area (TPSA) is 35.8 Å². The Morgan fingerprint density at radius 1 is 1.47 bits per heavy atom. The molecule has 0 aliphatic heterocycles. The van der Waals surface area contributed by atoms with Crippen LogP contribution >= 0.6 is 0 Å². The van der Waals surface area contributed by atoms with Gasteiger partial charge in [0.05, 0.1) is 0 Å². The van der Waals surface area contributed by atoms with E-state index in [1.165, 1.54) is 0 Å². The average molecular weight is 204 g/mol. The van der Waals surface area contributed by atoms with Gasteiger partial charge in [0.2, 0.25) is 0 Å². The van der Waals surface area contributed by atoms with E-state index in [4.69, 9.17) is 5.21 Å². The maximum Gasteiger partial charge on any atom is 0.101 e. The van der Waals surface area contributed by atoms with Gasteiger partial charge >= 0.3 is 0 Å². The largest absolute Gasteiger partial charge is 0.411 e. The van der Waals surface area contributed by atoms with E-state index in [1.807, 2.05) is 48.4 Å². The standard InChI is InChI=1S/C12H16N2O/c1-3-9-14(2)10-12(13-15)11-7-5-4-6-8-11/h3-8,15H,1,9-10H2,2H3/b13-12+. The van der Waals surface area contributed by atoms with Gasteiger partial charge in [-0.3, -0.25) is 4.90 Å². The molecule has 3 heteroatoms. The molecule has 1 N–H and O–H groups in total. The first-order chi connectivity index (χ1) is 7.27. The summed E-state index contributed by atoms with van der Waals surface area (Å²) in [5, 5.41) is 12.3. The lowest BCUT2D eigenvalue weighted by atomic mass is 10.1. The van der Waals surface area contributed by atoms with Crippen LogP contribution in [0.4, 0.5) is 0 Å². The van der Waals surface area contributed by atoms with Crippen LogP contribution in [0.25, 0.3) is 0 Å². The Balaban J connectivity index is 2.70. The van der Waals surface area contributed by atoms with Crippen molar-refractivity contribution in [1.82, 2.24) is 4.90 Å². The fourth-order valence-corrected chi connectivity index (χ4v) is 1.35. The van der Waals surface area contributed by atoms with E-state index in [0.717, 1.165) is 12.1 Å². The molecule has 0 unspecified atom stereocenters. The molecule has 0 heterocycles. The summed E-state index contributed by atoms with van der Waals surface area (Å²) in [4.78, 5) is 2.02. The fraction of sp³-hybridized carbons (Fsp3) is 0.250. The SMILES string of the molecule is C=CCN(C)C/C(=N\O)c1ccccc1. The van der Waals surface area contributed by atoms with Crippen molar-refractivity contribution in [3.05, 3.63) is 48.6 Å². The third kappa shape index (κ3) is 3.56. The highest BCUT2D eigenvalue weighted by Gasteiger charge is 2.06. The normalized spacial score (nSPS) is 11.7. The Morgan fingerprint density at radius 3 is 2.67 bits per heavy atom. The van der Waals surface area contributed by atoms with Crippen molar-refractivity contribution >= 4 is 5.71 Å². The predicted octanol–water partition coefficient (Wildman–Crippen LogP) is 1.98. The highest BCUT2D eigenvalue weighted by molar-refractivity contribution is 6.01. The Kier molecular flexibility index (Phi) is 4.57. The Hall–Kier alpha value is -1.61. The lowest BCUT2D eigenvalue weighted by molar-refractivity contribution is 0.313. The van der Waals surface area contributed by atoms with Gasteiger partial charge in [-0.25, -0.2) is 0 Å². The molecule has 1 aromatic rings. The van der Waals surface area contributed by atoms with Crippen LogP contribution < -0.4 is 0 Å². The molecule has 80 valence electrons. The predicted molar refractivity (Wildman–Crippen MR) is 62.5 cm³/mol. The van der Waals surface area contributed by atoms with Crippen LogP contribution in [0.5, 0.6) is 0 Å². The highest BCUT2D eigenvalue weighted by Crippen LogP contribution is 2.02. The van der Waals surface area contributed by atoms with Gasteiger partial charge < -0.3 is 5.21 Å². The van der Waals surface area contributed by atoms with E-state index in [0.29, 0.717) is 12.3 Å². The zero-order chi connectivity index (χ0) is 11.1. The second-order valence-electron chi connectivity index (χ2n) is 3.40. The number of nitrogens with zero attached hydrogens (tertiary/aromatic N) is 2. The Bertz CT molecular complexity index is 333. The quantitative estimate of drug-likeness (QED) is 0.344. The first-order valence-electron chi connectivity index (χ1n) is 4.83. The number of rotatable bonds is 5. The summed E-state index contributed by atoms with van der Waals surface area (Å²) in [5.74, 6) is 0. The van der Waals surface area contributed by atoms with Gasteiger partial charge in [0.1, 0.15) is 5.71 Å². The zero-order valence-corrected chi connectivity index (χ0v) is 8.93. The second kappa shape index (κ2) is 5.98. The minimum absolute atomic E-state index is 0.604. The van der Waals surface area contributed by atoms with Crippen LogP contribution in [0.3, 0.4) is 0 Å². The minimum Gasteiger partial charge on any atom is -0.411 e. The summed E-state index contributed by atoms with van der Waals surface area (Å²) >= 11 is 0. The first-order valence-corrected chi connectivity index (χ1v) is 4.83. The lowest BCUT2D eigenvalue weighted by Crippen LogP contribution is -2.26. The summed E-state index contributed by atoms with van der Waals surface area (Å²) in [6.07, 6.45) is 1.82. The van der Waals surface area contributed by atoms with E-state index in [-0.39, 0.29) is 0 Å². The van der Waals surface area contributed by atoms with E-state index >= 15 is 0 Å². The van der Waals surface area contributed by atoms with E-state index in [9.17, 15) is 0 Å². The van der Waals surface area contributed by atoms with E-state index in [1.54, 1.807) is 0 Å².